The molecule has 2 heterocycles. The van der Waals surface area contributed by atoms with Crippen molar-refractivity contribution < 1.29 is 4.74 Å². The lowest BCUT2D eigenvalue weighted by molar-refractivity contribution is 0.233. The van der Waals surface area contributed by atoms with Gasteiger partial charge in [-0.15, -0.1) is 0 Å². The van der Waals surface area contributed by atoms with Crippen LogP contribution in [0.3, 0.4) is 0 Å². The van der Waals surface area contributed by atoms with Crippen LogP contribution in [0.25, 0.3) is 11.0 Å². The van der Waals surface area contributed by atoms with Crippen molar-refractivity contribution in [2.24, 2.45) is 0 Å². The molecule has 0 radical (unpaired) electrons. The Hall–Kier alpha value is -1.55. The van der Waals surface area contributed by atoms with Crippen LogP contribution in [0.5, 0.6) is 5.88 Å². The molecule has 0 spiro atoms. The van der Waals surface area contributed by atoms with Crippen LogP contribution in [0.2, 0.25) is 5.02 Å². The number of nitrogens with one attached hydrogen (secondary N) is 1. The molecular formula is C13H15ClN2O2. The zero-order valence-corrected chi connectivity index (χ0v) is 11.3. The van der Waals surface area contributed by atoms with Gasteiger partial charge in [0.25, 0.3) is 0 Å². The van der Waals surface area contributed by atoms with E-state index in [9.17, 15) is 4.79 Å². The van der Waals surface area contributed by atoms with Crippen molar-refractivity contribution >= 4 is 22.6 Å². The fraction of sp³-hybridized carbons (Fsp3) is 0.385. The summed E-state index contributed by atoms with van der Waals surface area (Å²) in [5.41, 5.74) is 1.74. The van der Waals surface area contributed by atoms with E-state index in [4.69, 9.17) is 16.3 Å². The maximum Gasteiger partial charge on any atom is 0.233 e. The third kappa shape index (κ3) is 2.48. The van der Waals surface area contributed by atoms with Crippen molar-refractivity contribution in [2.45, 2.75) is 33.3 Å². The van der Waals surface area contributed by atoms with Gasteiger partial charge < -0.3 is 9.72 Å². The highest BCUT2D eigenvalue weighted by molar-refractivity contribution is 6.32. The lowest BCUT2D eigenvalue weighted by Crippen LogP contribution is -2.11. The zero-order valence-electron chi connectivity index (χ0n) is 10.6. The molecule has 18 heavy (non-hydrogen) atoms. The summed E-state index contributed by atoms with van der Waals surface area (Å²) in [6.07, 6.45) is 0.717. The number of aromatic nitrogens is 2. The molecule has 96 valence electrons. The largest absolute Gasteiger partial charge is 0.474 e. The Bertz CT molecular complexity index is 635. The highest BCUT2D eigenvalue weighted by Crippen LogP contribution is 2.25. The van der Waals surface area contributed by atoms with Gasteiger partial charge in [0.05, 0.1) is 11.6 Å². The molecule has 0 aliphatic heterocycles. The molecule has 2 aromatic heterocycles. The number of rotatable bonds is 3. The Morgan fingerprint density at radius 1 is 1.44 bits per heavy atom. The lowest BCUT2D eigenvalue weighted by Gasteiger charge is -2.11. The summed E-state index contributed by atoms with van der Waals surface area (Å²) in [5.74, 6) is 0.300. The van der Waals surface area contributed by atoms with Crippen LogP contribution in [0.4, 0.5) is 0 Å². The van der Waals surface area contributed by atoms with Gasteiger partial charge in [0.2, 0.25) is 11.3 Å². The molecule has 0 aliphatic rings. The third-order valence-corrected chi connectivity index (χ3v) is 2.78. The van der Waals surface area contributed by atoms with E-state index < -0.39 is 0 Å². The van der Waals surface area contributed by atoms with Crippen LogP contribution in [0.1, 0.15) is 26.5 Å². The predicted molar refractivity (Wildman–Crippen MR) is 72.5 cm³/mol. The SMILES string of the molecule is CCc1cc(=O)c2nc(OC(C)C)c(Cl)cc2[nH]1. The van der Waals surface area contributed by atoms with Gasteiger partial charge in [-0.3, -0.25) is 4.79 Å². The first-order valence-electron chi connectivity index (χ1n) is 5.90. The van der Waals surface area contributed by atoms with E-state index in [0.717, 1.165) is 12.1 Å². The van der Waals surface area contributed by atoms with Gasteiger partial charge >= 0.3 is 0 Å². The normalized spacial score (nSPS) is 11.2. The summed E-state index contributed by atoms with van der Waals surface area (Å²) < 4.78 is 5.47. The average Bonchev–Trinajstić information content (AvgIpc) is 2.30. The molecule has 0 bridgehead atoms. The molecule has 2 rings (SSSR count). The van der Waals surface area contributed by atoms with Gasteiger partial charge in [0.15, 0.2) is 0 Å². The third-order valence-electron chi connectivity index (χ3n) is 2.51. The van der Waals surface area contributed by atoms with Crippen molar-refractivity contribution in [2.75, 3.05) is 0 Å². The summed E-state index contributed by atoms with van der Waals surface area (Å²) in [6, 6.07) is 3.24. The van der Waals surface area contributed by atoms with Crippen LogP contribution in [-0.4, -0.2) is 16.1 Å². The number of halogens is 1. The maximum atomic E-state index is 11.9. The first kappa shape index (κ1) is 12.9. The minimum atomic E-state index is -0.120. The van der Waals surface area contributed by atoms with Crippen LogP contribution < -0.4 is 10.2 Å². The van der Waals surface area contributed by atoms with Crippen LogP contribution >= 0.6 is 11.6 Å². The van der Waals surface area contributed by atoms with Crippen molar-refractivity contribution in [1.29, 1.82) is 0 Å². The van der Waals surface area contributed by atoms with Gasteiger partial charge in [-0.05, 0) is 26.3 Å². The van der Waals surface area contributed by atoms with Crippen molar-refractivity contribution in [1.82, 2.24) is 9.97 Å². The number of hydrogen-bond acceptors (Lipinski definition) is 3. The second-order valence-electron chi connectivity index (χ2n) is 4.35. The zero-order chi connectivity index (χ0) is 13.3. The van der Waals surface area contributed by atoms with Crippen LogP contribution in [0.15, 0.2) is 16.9 Å². The highest BCUT2D eigenvalue weighted by atomic mass is 35.5. The first-order chi connectivity index (χ1) is 8.51. The maximum absolute atomic E-state index is 11.9. The van der Waals surface area contributed by atoms with Crippen molar-refractivity contribution in [3.05, 3.63) is 33.1 Å². The van der Waals surface area contributed by atoms with Gasteiger partial charge in [-0.2, -0.15) is 0 Å². The highest BCUT2D eigenvalue weighted by Gasteiger charge is 2.11. The number of H-pyrrole nitrogens is 1. The Morgan fingerprint density at radius 3 is 2.78 bits per heavy atom. The molecular weight excluding hydrogens is 252 g/mol. The van der Waals surface area contributed by atoms with Crippen LogP contribution in [0, 0.1) is 0 Å². The standard InChI is InChI=1S/C13H15ClN2O2/c1-4-8-5-11(17)12-10(15-8)6-9(14)13(16-12)18-7(2)3/h5-7H,4H2,1-3H3,(H,15,17). The molecule has 0 amide bonds. The first-order valence-corrected chi connectivity index (χ1v) is 6.28. The quantitative estimate of drug-likeness (QED) is 0.929. The molecule has 0 saturated heterocycles. The number of pyridine rings is 2. The van der Waals surface area contributed by atoms with Gasteiger partial charge in [0, 0.05) is 11.8 Å². The second kappa shape index (κ2) is 4.98. The minimum absolute atomic E-state index is 0.0403. The van der Waals surface area contributed by atoms with E-state index in [1.807, 2.05) is 20.8 Å². The summed E-state index contributed by atoms with van der Waals surface area (Å²) >= 11 is 6.09. The molecule has 0 atom stereocenters. The minimum Gasteiger partial charge on any atom is -0.474 e. The van der Waals surface area contributed by atoms with Gasteiger partial charge in [-0.25, -0.2) is 4.98 Å². The van der Waals surface area contributed by atoms with E-state index in [1.54, 1.807) is 12.1 Å². The Morgan fingerprint density at radius 2 is 2.17 bits per heavy atom. The molecule has 0 unspecified atom stereocenters. The Labute approximate surface area is 110 Å². The number of fused-ring (bicyclic) bond motifs is 1. The summed E-state index contributed by atoms with van der Waals surface area (Å²) in [4.78, 5) is 19.3. The monoisotopic (exact) mass is 266 g/mol. The molecule has 0 fully saturated rings. The van der Waals surface area contributed by atoms with E-state index in [2.05, 4.69) is 9.97 Å². The summed E-state index contributed by atoms with van der Waals surface area (Å²) in [7, 11) is 0. The van der Waals surface area contributed by atoms with Crippen molar-refractivity contribution in [3.8, 4) is 5.88 Å². The fourth-order valence-electron chi connectivity index (χ4n) is 1.69. The summed E-state index contributed by atoms with van der Waals surface area (Å²) in [6.45, 7) is 5.74. The smallest absolute Gasteiger partial charge is 0.233 e. The van der Waals surface area contributed by atoms with Gasteiger partial charge in [0.1, 0.15) is 10.5 Å². The lowest BCUT2D eigenvalue weighted by atomic mass is 10.2. The van der Waals surface area contributed by atoms with E-state index >= 15 is 0 Å². The number of hydrogen-bond donors (Lipinski definition) is 1. The molecule has 1 N–H and O–H groups in total. The van der Waals surface area contributed by atoms with E-state index in [-0.39, 0.29) is 11.5 Å². The molecule has 2 aromatic rings. The van der Waals surface area contributed by atoms with Crippen molar-refractivity contribution in [3.63, 3.8) is 0 Å². The number of nitrogens with zero attached hydrogens (tertiary/aromatic N) is 1. The predicted octanol–water partition coefficient (Wildman–Crippen LogP) is 2.93. The molecule has 0 aliphatic carbocycles. The summed E-state index contributed by atoms with van der Waals surface area (Å²) in [5, 5.41) is 0.403. The van der Waals surface area contributed by atoms with E-state index in [1.165, 1.54) is 0 Å². The Balaban J connectivity index is 2.64. The second-order valence-corrected chi connectivity index (χ2v) is 4.76. The number of ether oxygens (including phenoxy) is 1. The molecule has 4 nitrogen and oxygen atoms in total. The van der Waals surface area contributed by atoms with E-state index in [0.29, 0.717) is 21.9 Å². The molecule has 0 saturated carbocycles. The number of aromatic amines is 1. The fourth-order valence-corrected chi connectivity index (χ4v) is 1.88. The Kier molecular flexibility index (Phi) is 3.57. The van der Waals surface area contributed by atoms with Gasteiger partial charge in [-0.1, -0.05) is 18.5 Å². The van der Waals surface area contributed by atoms with Crippen LogP contribution in [-0.2, 0) is 6.42 Å². The number of aryl methyl sites for hydroxylation is 1. The molecule has 5 heteroatoms. The average molecular weight is 267 g/mol. The molecule has 0 aromatic carbocycles. The topological polar surface area (TPSA) is 55.0 Å².